The molecule has 0 aromatic heterocycles. The first-order valence-electron chi connectivity index (χ1n) is 42.4. The van der Waals surface area contributed by atoms with Crippen molar-refractivity contribution in [3.05, 3.63) is 144 Å². The molecule has 0 aliphatic rings. The van der Waals surface area contributed by atoms with Gasteiger partial charge in [-0.3, -0.25) is 33.6 Å². The summed E-state index contributed by atoms with van der Waals surface area (Å²) in [6.07, 6.45) is 45.2. The van der Waals surface area contributed by atoms with Crippen molar-refractivity contribution in [1.82, 2.24) is 10.6 Å². The molecule has 111 heavy (non-hydrogen) atoms. The fourth-order valence-corrected chi connectivity index (χ4v) is 12.3. The highest BCUT2D eigenvalue weighted by Crippen LogP contribution is 2.20. The number of rotatable bonds is 69. The summed E-state index contributed by atoms with van der Waals surface area (Å²) < 4.78 is 50.3. The Morgan fingerprint density at radius 3 is 1.09 bits per heavy atom. The zero-order valence-electron chi connectivity index (χ0n) is 67.8. The molecule has 0 spiro atoms. The highest BCUT2D eigenvalue weighted by Gasteiger charge is 2.21. The summed E-state index contributed by atoms with van der Waals surface area (Å²) >= 11 is 0. The Morgan fingerprint density at radius 1 is 0.297 bits per heavy atom. The van der Waals surface area contributed by atoms with E-state index in [4.69, 9.17) is 42.6 Å². The van der Waals surface area contributed by atoms with E-state index in [1.54, 1.807) is 0 Å². The molecule has 0 aliphatic heterocycles. The standard InChI is InChI=1S/C91H138N2O18/c1-4-7-10-41-56-79(108-87(98)66-65-85(96)105-73-77-52-37-33-38-53-77)59-44-26-20-14-13-15-23-30-48-63-84(95)106-75-82(111-86(97)64-49-31-25-19-17-22-28-45-60-80(57-42-11-8-5-2)109-88(99)71-92-90(101)104-69-67-76-50-35-32-36-51-76)68-70-103-83(94)62-47-29-24-18-16-21-27-46-61-81(58-43-12-9-6-3)110-89(100)72-93-91(102)107-74-78-54-39-34-40-55-78/h26-28,32-40,44-46,50-55,79-82H,4-25,29-31,41-43,47-49,56-75H2,1-3H3,(H,92,101)(H,93,102)/b44-26-,45-28-,46-27-/t79-,80-,81-,82?/m1/s1. The lowest BCUT2D eigenvalue weighted by Crippen LogP contribution is -2.33. The number of unbranched alkanes of at least 4 members (excludes halogenated alkanes) is 25. The van der Waals surface area contributed by atoms with Crippen molar-refractivity contribution in [1.29, 1.82) is 0 Å². The molecule has 2 N–H and O–H groups in total. The quantitative estimate of drug-likeness (QED) is 0.0230. The lowest BCUT2D eigenvalue weighted by molar-refractivity contribution is -0.161. The van der Waals surface area contributed by atoms with Crippen LogP contribution < -0.4 is 10.6 Å². The molecule has 3 rings (SSSR count). The smallest absolute Gasteiger partial charge is 0.407 e. The summed E-state index contributed by atoms with van der Waals surface area (Å²) in [7, 11) is 0. The zero-order valence-corrected chi connectivity index (χ0v) is 67.8. The first-order chi connectivity index (χ1) is 54.2. The van der Waals surface area contributed by atoms with Crippen LogP contribution in [0.3, 0.4) is 0 Å². The first kappa shape index (κ1) is 96.9. The lowest BCUT2D eigenvalue weighted by atomic mass is 10.1. The molecular weight excluding hydrogens is 1410 g/mol. The minimum absolute atomic E-state index is 0.0139. The van der Waals surface area contributed by atoms with Crippen molar-refractivity contribution in [3.8, 4) is 0 Å². The van der Waals surface area contributed by atoms with Gasteiger partial charge in [-0.2, -0.15) is 0 Å². The second kappa shape index (κ2) is 68.5. The number of carbonyl (C=O) groups is 9. The molecule has 0 saturated carbocycles. The van der Waals surface area contributed by atoms with Gasteiger partial charge in [0, 0.05) is 51.4 Å². The average molecular weight is 1550 g/mol. The predicted molar refractivity (Wildman–Crippen MR) is 435 cm³/mol. The van der Waals surface area contributed by atoms with Crippen molar-refractivity contribution in [2.45, 2.75) is 341 Å². The fourth-order valence-electron chi connectivity index (χ4n) is 12.3. The Kier molecular flexibility index (Phi) is 59.8. The topological polar surface area (TPSA) is 261 Å². The maximum atomic E-state index is 13.2. The number of amides is 2. The van der Waals surface area contributed by atoms with Crippen LogP contribution in [-0.2, 0) is 95.8 Å². The van der Waals surface area contributed by atoms with Crippen LogP contribution in [0.5, 0.6) is 0 Å². The SMILES string of the molecule is CCCCCC[C@H](C/C=C\CCCCCCCCC(=O)OCC(CCOC(=O)CCCCCCC/C=C\C[C@@H](CCCCCC)OC(=O)CNC(=O)OCc1ccccc1)OC(=O)CCCCCCC/C=C\C[C@@H](CCCCCC)OC(=O)CNC(=O)OCCc1ccccc1)OC(=O)CCC(=O)OCc1ccccc1. The number of alkyl carbamates (subject to hydrolysis) is 2. The Balaban J connectivity index is 1.39. The molecule has 3 aromatic carbocycles. The summed E-state index contributed by atoms with van der Waals surface area (Å²) in [5.74, 6) is -2.89. The molecule has 0 heterocycles. The first-order valence-corrected chi connectivity index (χ1v) is 42.4. The van der Waals surface area contributed by atoms with Crippen LogP contribution in [0.4, 0.5) is 9.59 Å². The monoisotopic (exact) mass is 1550 g/mol. The molecule has 0 radical (unpaired) electrons. The molecule has 3 aromatic rings. The third kappa shape index (κ3) is 58.3. The van der Waals surface area contributed by atoms with Gasteiger partial charge in [-0.1, -0.05) is 270 Å². The summed E-state index contributed by atoms with van der Waals surface area (Å²) in [4.78, 5) is 114. The van der Waals surface area contributed by atoms with Crippen LogP contribution >= 0.6 is 0 Å². The van der Waals surface area contributed by atoms with Crippen molar-refractivity contribution in [2.24, 2.45) is 0 Å². The van der Waals surface area contributed by atoms with E-state index in [-0.39, 0.29) is 121 Å². The van der Waals surface area contributed by atoms with E-state index >= 15 is 0 Å². The normalized spacial score (nSPS) is 12.4. The van der Waals surface area contributed by atoms with Crippen LogP contribution in [0.1, 0.15) is 314 Å². The van der Waals surface area contributed by atoms with Gasteiger partial charge in [0.1, 0.15) is 57.3 Å². The molecule has 0 saturated heterocycles. The molecule has 4 atom stereocenters. The number of allylic oxidation sites excluding steroid dienone is 3. The van der Waals surface area contributed by atoms with E-state index in [0.29, 0.717) is 44.9 Å². The molecule has 0 aliphatic carbocycles. The van der Waals surface area contributed by atoms with Crippen LogP contribution in [0.15, 0.2) is 127 Å². The maximum Gasteiger partial charge on any atom is 0.407 e. The highest BCUT2D eigenvalue weighted by atomic mass is 16.6. The van der Waals surface area contributed by atoms with Gasteiger partial charge in [0.05, 0.1) is 26.1 Å². The summed E-state index contributed by atoms with van der Waals surface area (Å²) in [5.41, 5.74) is 2.80. The molecule has 2 amide bonds. The van der Waals surface area contributed by atoms with Crippen molar-refractivity contribution < 1.29 is 85.8 Å². The van der Waals surface area contributed by atoms with Gasteiger partial charge in [0.2, 0.25) is 0 Å². The third-order valence-corrected chi connectivity index (χ3v) is 18.9. The molecule has 20 heteroatoms. The van der Waals surface area contributed by atoms with Gasteiger partial charge < -0.3 is 53.3 Å². The fraction of sp³-hybridized carbons (Fsp3) is 0.637. The van der Waals surface area contributed by atoms with Crippen LogP contribution in [0.25, 0.3) is 0 Å². The van der Waals surface area contributed by atoms with E-state index in [2.05, 4.69) is 67.9 Å². The van der Waals surface area contributed by atoms with Gasteiger partial charge in [0.25, 0.3) is 0 Å². The number of nitrogens with one attached hydrogen (secondary N) is 2. The average Bonchev–Trinajstić information content (AvgIpc) is 0.985. The highest BCUT2D eigenvalue weighted by molar-refractivity contribution is 5.79. The minimum Gasteiger partial charge on any atom is -0.466 e. The van der Waals surface area contributed by atoms with Gasteiger partial charge in [-0.25, -0.2) is 9.59 Å². The number of hydrogen-bond donors (Lipinski definition) is 2. The number of ether oxygens (including phenoxy) is 9. The molecule has 620 valence electrons. The van der Waals surface area contributed by atoms with E-state index in [0.717, 1.165) is 216 Å². The second-order valence-corrected chi connectivity index (χ2v) is 28.9. The zero-order chi connectivity index (χ0) is 79.9. The van der Waals surface area contributed by atoms with E-state index in [1.165, 1.54) is 0 Å². The summed E-state index contributed by atoms with van der Waals surface area (Å²) in [5, 5.41) is 5.00. The number of esters is 7. The summed E-state index contributed by atoms with van der Waals surface area (Å²) in [6, 6.07) is 28.5. The second-order valence-electron chi connectivity index (χ2n) is 28.9. The third-order valence-electron chi connectivity index (χ3n) is 18.9. The van der Waals surface area contributed by atoms with Crippen molar-refractivity contribution in [3.63, 3.8) is 0 Å². The Bertz CT molecular complexity index is 2990. The van der Waals surface area contributed by atoms with Gasteiger partial charge in [-0.05, 0) is 113 Å². The Labute approximate surface area is 665 Å². The number of hydrogen-bond acceptors (Lipinski definition) is 18. The predicted octanol–water partition coefficient (Wildman–Crippen LogP) is 20.9. The molecule has 1 unspecified atom stereocenters. The van der Waals surface area contributed by atoms with Crippen LogP contribution in [0, 0.1) is 0 Å². The Morgan fingerprint density at radius 2 is 0.640 bits per heavy atom. The van der Waals surface area contributed by atoms with Crippen LogP contribution in [0.2, 0.25) is 0 Å². The largest absolute Gasteiger partial charge is 0.466 e. The molecular formula is C91H138N2O18. The minimum atomic E-state index is -0.767. The van der Waals surface area contributed by atoms with Crippen molar-refractivity contribution in [2.75, 3.05) is 32.9 Å². The number of carbonyl (C=O) groups excluding carboxylic acids is 9. The number of benzene rings is 3. The van der Waals surface area contributed by atoms with E-state index in [1.807, 2.05) is 91.0 Å². The van der Waals surface area contributed by atoms with E-state index in [9.17, 15) is 43.2 Å². The molecule has 20 nitrogen and oxygen atoms in total. The van der Waals surface area contributed by atoms with E-state index < -0.39 is 42.2 Å². The summed E-state index contributed by atoms with van der Waals surface area (Å²) in [6.45, 7) is 6.33. The Hall–Kier alpha value is -8.29. The lowest BCUT2D eigenvalue weighted by Gasteiger charge is -2.18. The maximum absolute atomic E-state index is 13.2. The van der Waals surface area contributed by atoms with Crippen molar-refractivity contribution >= 4 is 54.0 Å². The molecule has 0 fully saturated rings. The van der Waals surface area contributed by atoms with Gasteiger partial charge >= 0.3 is 54.0 Å². The molecule has 0 bridgehead atoms. The van der Waals surface area contributed by atoms with Gasteiger partial charge in [-0.15, -0.1) is 0 Å². The van der Waals surface area contributed by atoms with Crippen LogP contribution in [-0.4, -0.2) is 111 Å². The van der Waals surface area contributed by atoms with Gasteiger partial charge in [0.15, 0.2) is 0 Å².